The molecule has 138 valence electrons. The lowest BCUT2D eigenvalue weighted by atomic mass is 9.89. The highest BCUT2D eigenvalue weighted by atomic mass is 32.2. The highest BCUT2D eigenvalue weighted by Crippen LogP contribution is 2.42. The molecule has 0 saturated heterocycles. The SMILES string of the molecule is Cc1cncc(C2=NCC(c3ccc(S(N)(=O)=O)cc3)(C(F)(F)F)N2)c1. The van der Waals surface area contributed by atoms with Gasteiger partial charge in [-0.15, -0.1) is 0 Å². The molecule has 3 rings (SSSR count). The van der Waals surface area contributed by atoms with Crippen molar-refractivity contribution < 1.29 is 21.6 Å². The van der Waals surface area contributed by atoms with Gasteiger partial charge in [-0.25, -0.2) is 13.6 Å². The quantitative estimate of drug-likeness (QED) is 0.844. The van der Waals surface area contributed by atoms with Gasteiger partial charge in [0.1, 0.15) is 5.84 Å². The van der Waals surface area contributed by atoms with E-state index in [1.54, 1.807) is 19.2 Å². The van der Waals surface area contributed by atoms with Crippen molar-refractivity contribution in [1.82, 2.24) is 10.3 Å². The minimum Gasteiger partial charge on any atom is -0.351 e. The summed E-state index contributed by atoms with van der Waals surface area (Å²) in [6, 6.07) is 5.95. The van der Waals surface area contributed by atoms with Crippen LogP contribution in [-0.2, 0) is 15.6 Å². The van der Waals surface area contributed by atoms with Gasteiger partial charge in [0.05, 0.1) is 11.4 Å². The van der Waals surface area contributed by atoms with Gasteiger partial charge >= 0.3 is 6.18 Å². The second kappa shape index (κ2) is 6.06. The number of hydrogen-bond acceptors (Lipinski definition) is 5. The first-order valence-corrected chi connectivity index (χ1v) is 9.02. The predicted octanol–water partition coefficient (Wildman–Crippen LogP) is 1.85. The molecule has 0 spiro atoms. The van der Waals surface area contributed by atoms with Crippen LogP contribution in [0.5, 0.6) is 0 Å². The number of primary sulfonamides is 1. The van der Waals surface area contributed by atoms with Crippen LogP contribution < -0.4 is 10.5 Å². The van der Waals surface area contributed by atoms with Crippen LogP contribution in [0, 0.1) is 6.92 Å². The van der Waals surface area contributed by atoms with Crippen LogP contribution in [0.25, 0.3) is 0 Å². The van der Waals surface area contributed by atoms with E-state index < -0.39 is 28.3 Å². The second-order valence-electron chi connectivity index (χ2n) is 6.01. The highest BCUT2D eigenvalue weighted by molar-refractivity contribution is 7.89. The van der Waals surface area contributed by atoms with Crippen molar-refractivity contribution in [3.63, 3.8) is 0 Å². The molecule has 1 aromatic heterocycles. The Labute approximate surface area is 148 Å². The van der Waals surface area contributed by atoms with Crippen LogP contribution in [0.4, 0.5) is 13.2 Å². The minimum atomic E-state index is -4.67. The molecule has 10 heteroatoms. The Balaban J connectivity index is 2.01. The molecule has 0 aliphatic carbocycles. The summed E-state index contributed by atoms with van der Waals surface area (Å²) in [7, 11) is -4.00. The number of sulfonamides is 1. The maximum absolute atomic E-state index is 13.9. The smallest absolute Gasteiger partial charge is 0.351 e. The molecule has 0 bridgehead atoms. The summed E-state index contributed by atoms with van der Waals surface area (Å²) >= 11 is 0. The predicted molar refractivity (Wildman–Crippen MR) is 89.1 cm³/mol. The van der Waals surface area contributed by atoms with Crippen LogP contribution in [0.3, 0.4) is 0 Å². The van der Waals surface area contributed by atoms with Gasteiger partial charge in [-0.2, -0.15) is 13.2 Å². The maximum Gasteiger partial charge on any atom is 0.417 e. The Morgan fingerprint density at radius 2 is 1.85 bits per heavy atom. The fraction of sp³-hybridized carbons (Fsp3) is 0.250. The Kier molecular flexibility index (Phi) is 4.27. The van der Waals surface area contributed by atoms with E-state index in [1.807, 2.05) is 0 Å². The standard InChI is InChI=1S/C16H15F3N4O2S/c1-10-6-11(8-21-7-10)14-22-9-15(23-14,16(17,18)19)12-2-4-13(5-3-12)26(20,24)25/h2-8H,9H2,1H3,(H,22,23)(H2,20,24,25). The number of nitrogens with zero attached hydrogens (tertiary/aromatic N) is 2. The van der Waals surface area contributed by atoms with Crippen molar-refractivity contribution >= 4 is 15.9 Å². The van der Waals surface area contributed by atoms with Crippen LogP contribution in [0.1, 0.15) is 16.7 Å². The number of rotatable bonds is 3. The number of aromatic nitrogens is 1. The number of nitrogens with two attached hydrogens (primary N) is 1. The van der Waals surface area contributed by atoms with Crippen LogP contribution in [0.15, 0.2) is 52.6 Å². The zero-order valence-electron chi connectivity index (χ0n) is 13.6. The molecule has 0 fully saturated rings. The van der Waals surface area contributed by atoms with Gasteiger partial charge in [0, 0.05) is 18.0 Å². The summed E-state index contributed by atoms with van der Waals surface area (Å²) in [6.45, 7) is 1.20. The zero-order chi connectivity index (χ0) is 19.2. The lowest BCUT2D eigenvalue weighted by molar-refractivity contribution is -0.190. The molecule has 0 saturated carbocycles. The van der Waals surface area contributed by atoms with Crippen molar-refractivity contribution in [3.05, 3.63) is 59.4 Å². The van der Waals surface area contributed by atoms with Gasteiger partial charge in [0.2, 0.25) is 10.0 Å². The normalized spacial score (nSPS) is 20.6. The van der Waals surface area contributed by atoms with Gasteiger partial charge in [-0.1, -0.05) is 12.1 Å². The Bertz CT molecular complexity index is 972. The number of alkyl halides is 3. The van der Waals surface area contributed by atoms with Crippen molar-refractivity contribution in [1.29, 1.82) is 0 Å². The van der Waals surface area contributed by atoms with Gasteiger partial charge in [0.25, 0.3) is 0 Å². The van der Waals surface area contributed by atoms with Crippen molar-refractivity contribution in [2.24, 2.45) is 10.1 Å². The lowest BCUT2D eigenvalue weighted by Crippen LogP contribution is -2.54. The van der Waals surface area contributed by atoms with Crippen molar-refractivity contribution in [2.75, 3.05) is 6.54 Å². The fourth-order valence-electron chi connectivity index (χ4n) is 2.74. The Morgan fingerprint density at radius 3 is 2.38 bits per heavy atom. The number of pyridine rings is 1. The monoisotopic (exact) mass is 384 g/mol. The molecule has 1 aromatic carbocycles. The highest BCUT2D eigenvalue weighted by Gasteiger charge is 2.58. The van der Waals surface area contributed by atoms with E-state index in [4.69, 9.17) is 5.14 Å². The fourth-order valence-corrected chi connectivity index (χ4v) is 3.26. The van der Waals surface area contributed by atoms with E-state index in [0.29, 0.717) is 5.56 Å². The lowest BCUT2D eigenvalue weighted by Gasteiger charge is -2.32. The molecule has 1 aliphatic heterocycles. The van der Waals surface area contributed by atoms with Gasteiger partial charge in [0.15, 0.2) is 5.54 Å². The average molecular weight is 384 g/mol. The van der Waals surface area contributed by atoms with Gasteiger partial charge in [-0.3, -0.25) is 9.98 Å². The summed E-state index contributed by atoms with van der Waals surface area (Å²) in [4.78, 5) is 7.72. The molecular formula is C16H15F3N4O2S. The number of benzene rings is 1. The Morgan fingerprint density at radius 1 is 1.19 bits per heavy atom. The number of amidine groups is 1. The number of nitrogens with one attached hydrogen (secondary N) is 1. The summed E-state index contributed by atoms with van der Waals surface area (Å²) in [5.74, 6) is 0.0778. The molecule has 2 heterocycles. The van der Waals surface area contributed by atoms with Crippen molar-refractivity contribution in [2.45, 2.75) is 23.5 Å². The minimum absolute atomic E-state index is 0.0778. The van der Waals surface area contributed by atoms with Gasteiger partial charge in [-0.05, 0) is 36.2 Å². The van der Waals surface area contributed by atoms with Crippen LogP contribution >= 0.6 is 0 Å². The van der Waals surface area contributed by atoms with E-state index in [0.717, 1.165) is 29.8 Å². The van der Waals surface area contributed by atoms with Crippen LogP contribution in [0.2, 0.25) is 0 Å². The van der Waals surface area contributed by atoms with E-state index in [2.05, 4.69) is 15.3 Å². The average Bonchev–Trinajstić information content (AvgIpc) is 3.01. The van der Waals surface area contributed by atoms with Crippen molar-refractivity contribution in [3.8, 4) is 0 Å². The molecule has 0 amide bonds. The molecular weight excluding hydrogens is 369 g/mol. The third kappa shape index (κ3) is 3.17. The Hall–Kier alpha value is -2.46. The van der Waals surface area contributed by atoms with E-state index in [-0.39, 0.29) is 16.3 Å². The topological polar surface area (TPSA) is 97.4 Å². The third-order valence-corrected chi connectivity index (χ3v) is 5.04. The summed E-state index contributed by atoms with van der Waals surface area (Å²) in [6.07, 6.45) is -1.66. The summed E-state index contributed by atoms with van der Waals surface area (Å²) in [5, 5.41) is 7.46. The van der Waals surface area contributed by atoms with E-state index >= 15 is 0 Å². The first-order chi connectivity index (χ1) is 12.0. The molecule has 2 aromatic rings. The van der Waals surface area contributed by atoms with E-state index in [9.17, 15) is 21.6 Å². The number of aliphatic imine (C=N–C) groups is 1. The van der Waals surface area contributed by atoms with Crippen LogP contribution in [-0.4, -0.2) is 32.0 Å². The maximum atomic E-state index is 13.9. The first kappa shape index (κ1) is 18.3. The molecule has 26 heavy (non-hydrogen) atoms. The number of hydrogen-bond donors (Lipinski definition) is 2. The summed E-state index contributed by atoms with van der Waals surface area (Å²) in [5.41, 5.74) is -1.38. The first-order valence-electron chi connectivity index (χ1n) is 7.48. The summed E-state index contributed by atoms with van der Waals surface area (Å²) < 4.78 is 64.4. The van der Waals surface area contributed by atoms with Gasteiger partial charge < -0.3 is 5.32 Å². The molecule has 1 unspecified atom stereocenters. The molecule has 0 radical (unpaired) electrons. The molecule has 6 nitrogen and oxygen atoms in total. The molecule has 1 atom stereocenters. The second-order valence-corrected chi connectivity index (χ2v) is 7.57. The van der Waals surface area contributed by atoms with E-state index in [1.165, 1.54) is 6.20 Å². The number of aryl methyl sites for hydroxylation is 1. The largest absolute Gasteiger partial charge is 0.417 e. The zero-order valence-corrected chi connectivity index (χ0v) is 14.4. The molecule has 1 aliphatic rings. The molecule has 3 N–H and O–H groups in total. The third-order valence-electron chi connectivity index (χ3n) is 4.11. The number of halogens is 3.